The molecule has 1 saturated heterocycles. The quantitative estimate of drug-likeness (QED) is 0.411. The first-order valence-electron chi connectivity index (χ1n) is 9.11. The van der Waals surface area contributed by atoms with Gasteiger partial charge in [0.2, 0.25) is 0 Å². The average molecular weight is 564 g/mol. The van der Waals surface area contributed by atoms with E-state index in [1.807, 2.05) is 24.1 Å². The molecule has 1 aromatic heterocycles. The van der Waals surface area contributed by atoms with Crippen molar-refractivity contribution in [3.05, 3.63) is 54.7 Å². The van der Waals surface area contributed by atoms with E-state index in [2.05, 4.69) is 22.6 Å². The maximum Gasteiger partial charge on any atom is 0.197 e. The molecule has 3 aromatic rings. The molecule has 0 aliphatic carbocycles. The molecule has 30 heavy (non-hydrogen) atoms. The highest BCUT2D eigenvalue weighted by atomic mass is 127. The Morgan fingerprint density at radius 1 is 1.27 bits per heavy atom. The third-order valence-electron chi connectivity index (χ3n) is 5.60. The third-order valence-corrected chi connectivity index (χ3v) is 7.22. The lowest BCUT2D eigenvalue weighted by atomic mass is 9.89. The Balaban J connectivity index is 0.00000256. The van der Waals surface area contributed by atoms with Gasteiger partial charge in [0.15, 0.2) is 5.43 Å². The van der Waals surface area contributed by atoms with Crippen molar-refractivity contribution in [2.45, 2.75) is 18.4 Å². The van der Waals surface area contributed by atoms with Gasteiger partial charge >= 0.3 is 0 Å². The summed E-state index contributed by atoms with van der Waals surface area (Å²) in [6.45, 7) is 0.625. The second kappa shape index (κ2) is 8.92. The van der Waals surface area contributed by atoms with Gasteiger partial charge in [-0.25, -0.2) is 0 Å². The third kappa shape index (κ3) is 3.78. The van der Waals surface area contributed by atoms with Gasteiger partial charge in [-0.05, 0) is 54.7 Å². The maximum atomic E-state index is 12.9. The number of rotatable bonds is 3. The fraction of sp³-hybridized carbons (Fsp3) is 0.286. The summed E-state index contributed by atoms with van der Waals surface area (Å²) in [6.07, 6.45) is 0.674. The molecule has 0 saturated carbocycles. The van der Waals surface area contributed by atoms with Crippen LogP contribution in [-0.4, -0.2) is 46.5 Å². The van der Waals surface area contributed by atoms with E-state index in [1.165, 1.54) is 12.1 Å². The van der Waals surface area contributed by atoms with Gasteiger partial charge in [0, 0.05) is 38.8 Å². The molecule has 1 aliphatic rings. The highest BCUT2D eigenvalue weighted by molar-refractivity contribution is 14.1. The van der Waals surface area contributed by atoms with E-state index >= 15 is 0 Å². The fourth-order valence-electron chi connectivity index (χ4n) is 4.12. The minimum absolute atomic E-state index is 0. The van der Waals surface area contributed by atoms with Crippen molar-refractivity contribution in [2.24, 2.45) is 0 Å². The van der Waals surface area contributed by atoms with Crippen LogP contribution in [0.5, 0.6) is 11.5 Å². The minimum Gasteiger partial charge on any atom is -0.507 e. The van der Waals surface area contributed by atoms with Gasteiger partial charge in [-0.15, -0.1) is 12.4 Å². The van der Waals surface area contributed by atoms with E-state index in [0.717, 1.165) is 10.1 Å². The largest absolute Gasteiger partial charge is 0.507 e. The van der Waals surface area contributed by atoms with Crippen molar-refractivity contribution >= 4 is 57.6 Å². The highest BCUT2D eigenvalue weighted by Crippen LogP contribution is 2.44. The molecule has 2 atom stereocenters. The number of phenols is 2. The number of phenolic OH excluding ortho intramolecular Hbond substituents is 2. The number of aliphatic hydroxyl groups excluding tert-OH is 1. The summed E-state index contributed by atoms with van der Waals surface area (Å²) in [6, 6.07) is 7.63. The van der Waals surface area contributed by atoms with Crippen LogP contribution in [0.2, 0.25) is 5.02 Å². The molecule has 0 spiro atoms. The first-order chi connectivity index (χ1) is 13.8. The van der Waals surface area contributed by atoms with E-state index in [9.17, 15) is 20.1 Å². The van der Waals surface area contributed by atoms with Crippen LogP contribution in [0.3, 0.4) is 0 Å². The van der Waals surface area contributed by atoms with Gasteiger partial charge in [-0.1, -0.05) is 17.7 Å². The zero-order chi connectivity index (χ0) is 20.9. The number of likely N-dealkylation sites (tertiary alicyclic amines) is 1. The van der Waals surface area contributed by atoms with Crippen LogP contribution in [0.15, 0.2) is 39.5 Å². The molecule has 1 aliphatic heterocycles. The monoisotopic (exact) mass is 563 g/mol. The molecule has 0 unspecified atom stereocenters. The lowest BCUT2D eigenvalue weighted by molar-refractivity contribution is 0.172. The molecular weight excluding hydrogens is 544 g/mol. The fourth-order valence-corrected chi connectivity index (χ4v) is 4.84. The predicted molar refractivity (Wildman–Crippen MR) is 127 cm³/mol. The number of likely N-dealkylation sites (N-methyl/N-ethyl adjacent to an activating group) is 1. The topological polar surface area (TPSA) is 94.1 Å². The number of aliphatic hydroxyl groups is 1. The van der Waals surface area contributed by atoms with Gasteiger partial charge in [0.25, 0.3) is 0 Å². The van der Waals surface area contributed by atoms with Crippen molar-refractivity contribution in [2.75, 3.05) is 20.2 Å². The predicted octanol–water partition coefficient (Wildman–Crippen LogP) is 4.33. The van der Waals surface area contributed by atoms with Gasteiger partial charge in [0.1, 0.15) is 28.2 Å². The van der Waals surface area contributed by atoms with Gasteiger partial charge in [-0.2, -0.15) is 0 Å². The van der Waals surface area contributed by atoms with Gasteiger partial charge in [0.05, 0.1) is 11.6 Å². The summed E-state index contributed by atoms with van der Waals surface area (Å²) in [5.74, 6) is -0.507. The summed E-state index contributed by atoms with van der Waals surface area (Å²) < 4.78 is 6.90. The second-order valence-electron chi connectivity index (χ2n) is 7.23. The Kier molecular flexibility index (Phi) is 6.88. The number of hydrogen-bond donors (Lipinski definition) is 3. The van der Waals surface area contributed by atoms with Crippen LogP contribution >= 0.6 is 46.6 Å². The normalized spacial score (nSPS) is 19.2. The molecule has 9 heteroatoms. The Morgan fingerprint density at radius 2 is 2.00 bits per heavy atom. The highest BCUT2D eigenvalue weighted by Gasteiger charge is 2.36. The molecule has 0 radical (unpaired) electrons. The van der Waals surface area contributed by atoms with Crippen molar-refractivity contribution in [3.63, 3.8) is 0 Å². The number of nitrogens with zero attached hydrogens (tertiary/aromatic N) is 1. The number of halogens is 3. The summed E-state index contributed by atoms with van der Waals surface area (Å²) in [5.41, 5.74) is 0.663. The Bertz CT molecular complexity index is 1170. The van der Waals surface area contributed by atoms with E-state index in [-0.39, 0.29) is 59.2 Å². The Morgan fingerprint density at radius 3 is 2.70 bits per heavy atom. The summed E-state index contributed by atoms with van der Waals surface area (Å²) >= 11 is 8.51. The van der Waals surface area contributed by atoms with Crippen LogP contribution in [0.25, 0.3) is 22.3 Å². The van der Waals surface area contributed by atoms with E-state index < -0.39 is 5.43 Å². The van der Waals surface area contributed by atoms with Crippen molar-refractivity contribution < 1.29 is 19.7 Å². The molecular formula is C21H20Cl2INO5. The standard InChI is InChI=1S/C21H19ClINO5.ClH/c1-24-6-5-10(13(24)9-25)18-14(26)7-15(27)19-16(28)8-17(29-21(18)19)11-3-2-4-12(23)20(11)22;/h2-4,7-8,10,13,25-27H,5-6,9H2,1H3;1H/t10-,13+;/m0./s1. The minimum atomic E-state index is -0.429. The lowest BCUT2D eigenvalue weighted by Crippen LogP contribution is -2.32. The van der Waals surface area contributed by atoms with Crippen LogP contribution in [0.4, 0.5) is 0 Å². The van der Waals surface area contributed by atoms with Crippen molar-refractivity contribution in [1.82, 2.24) is 4.90 Å². The molecule has 2 heterocycles. The van der Waals surface area contributed by atoms with Crippen LogP contribution in [0.1, 0.15) is 17.9 Å². The summed E-state index contributed by atoms with van der Waals surface area (Å²) in [5, 5.41) is 31.3. The number of hydrogen-bond acceptors (Lipinski definition) is 6. The van der Waals surface area contributed by atoms with Crippen LogP contribution in [-0.2, 0) is 0 Å². The number of aromatic hydroxyl groups is 2. The van der Waals surface area contributed by atoms with E-state index in [1.54, 1.807) is 6.07 Å². The smallest absolute Gasteiger partial charge is 0.197 e. The molecule has 0 bridgehead atoms. The SMILES string of the molecule is CN1CC[C@H](c2c(O)cc(O)c3c(=O)cc(-c4cccc(I)c4Cl)oc23)[C@H]1CO.Cl. The van der Waals surface area contributed by atoms with Crippen LogP contribution in [0, 0.1) is 3.57 Å². The second-order valence-corrected chi connectivity index (χ2v) is 8.77. The first kappa shape index (κ1) is 23.1. The van der Waals surface area contributed by atoms with Gasteiger partial charge in [-0.3, -0.25) is 4.79 Å². The average Bonchev–Trinajstić information content (AvgIpc) is 3.03. The molecule has 2 aromatic carbocycles. The van der Waals surface area contributed by atoms with E-state index in [0.29, 0.717) is 22.6 Å². The van der Waals surface area contributed by atoms with Crippen molar-refractivity contribution in [1.29, 1.82) is 0 Å². The number of benzene rings is 2. The Hall–Kier alpha value is -1.52. The molecule has 4 rings (SSSR count). The molecule has 1 fully saturated rings. The van der Waals surface area contributed by atoms with Gasteiger partial charge < -0.3 is 24.6 Å². The molecule has 160 valence electrons. The lowest BCUT2D eigenvalue weighted by Gasteiger charge is -2.24. The molecule has 0 amide bonds. The van der Waals surface area contributed by atoms with E-state index in [4.69, 9.17) is 16.0 Å². The summed E-state index contributed by atoms with van der Waals surface area (Å²) in [7, 11) is 1.90. The maximum absolute atomic E-state index is 12.9. The number of fused-ring (bicyclic) bond motifs is 1. The summed E-state index contributed by atoms with van der Waals surface area (Å²) in [4.78, 5) is 14.9. The van der Waals surface area contributed by atoms with Crippen LogP contribution < -0.4 is 5.43 Å². The zero-order valence-electron chi connectivity index (χ0n) is 15.9. The first-order valence-corrected chi connectivity index (χ1v) is 10.6. The molecule has 6 nitrogen and oxygen atoms in total. The Labute approximate surface area is 197 Å². The molecule has 3 N–H and O–H groups in total. The zero-order valence-corrected chi connectivity index (χ0v) is 19.7. The van der Waals surface area contributed by atoms with Crippen molar-refractivity contribution in [3.8, 4) is 22.8 Å².